The fourth-order valence-corrected chi connectivity index (χ4v) is 6.78. The third-order valence-electron chi connectivity index (χ3n) is 8.49. The van der Waals surface area contributed by atoms with Gasteiger partial charge in [-0.3, -0.25) is 4.79 Å². The number of ether oxygens (including phenoxy) is 1. The van der Waals surface area contributed by atoms with Crippen molar-refractivity contribution in [1.82, 2.24) is 15.1 Å². The zero-order valence-electron chi connectivity index (χ0n) is 17.7. The molecule has 2 bridgehead atoms. The third-order valence-corrected chi connectivity index (χ3v) is 8.49. The van der Waals surface area contributed by atoms with Gasteiger partial charge in [0, 0.05) is 24.9 Å². The summed E-state index contributed by atoms with van der Waals surface area (Å²) in [6, 6.07) is 5.55. The lowest BCUT2D eigenvalue weighted by molar-refractivity contribution is -0.140. The Morgan fingerprint density at radius 1 is 1.13 bits per heavy atom. The standard InChI is InChI=1S/C24H25F2N3O2/c1-23(2)16-6-7-24(23,22(30)29-9-13-11-31-12-14(13)10-29)21-15(16)8-19(27-28-21)20-17(25)4-3-5-18(20)26/h3-5,8,13-14,16H,6-7,9-12H2,1-2H3/t13?,14?,16-,24+/m1/s1. The maximum Gasteiger partial charge on any atom is 0.235 e. The summed E-state index contributed by atoms with van der Waals surface area (Å²) < 4.78 is 34.3. The minimum atomic E-state index is -0.730. The first-order valence-corrected chi connectivity index (χ1v) is 11.0. The lowest BCUT2D eigenvalue weighted by Gasteiger charge is -2.39. The smallest absolute Gasteiger partial charge is 0.235 e. The first kappa shape index (κ1) is 19.3. The van der Waals surface area contributed by atoms with Crippen molar-refractivity contribution in [2.45, 2.75) is 38.0 Å². The molecule has 0 spiro atoms. The summed E-state index contributed by atoms with van der Waals surface area (Å²) in [5.74, 6) is -0.243. The van der Waals surface area contributed by atoms with E-state index >= 15 is 0 Å². The van der Waals surface area contributed by atoms with E-state index in [2.05, 4.69) is 24.0 Å². The Balaban J connectivity index is 1.44. The largest absolute Gasteiger partial charge is 0.381 e. The van der Waals surface area contributed by atoms with Crippen LogP contribution in [0.5, 0.6) is 0 Å². The predicted molar refractivity (Wildman–Crippen MR) is 109 cm³/mol. The van der Waals surface area contributed by atoms with Crippen LogP contribution in [0, 0.1) is 28.9 Å². The van der Waals surface area contributed by atoms with Crippen LogP contribution in [0.4, 0.5) is 8.78 Å². The number of benzene rings is 1. The fourth-order valence-electron chi connectivity index (χ4n) is 6.78. The number of nitrogens with zero attached hydrogens (tertiary/aromatic N) is 3. The lowest BCUT2D eigenvalue weighted by atomic mass is 9.67. The molecule has 0 radical (unpaired) electrons. The molecule has 162 valence electrons. The number of rotatable bonds is 2. The van der Waals surface area contributed by atoms with Crippen LogP contribution in [0.1, 0.15) is 43.9 Å². The van der Waals surface area contributed by atoms with E-state index in [0.717, 1.165) is 44.7 Å². The van der Waals surface area contributed by atoms with Crippen molar-refractivity contribution in [2.75, 3.05) is 26.3 Å². The van der Waals surface area contributed by atoms with Crippen LogP contribution in [0.15, 0.2) is 24.3 Å². The maximum atomic E-state index is 14.4. The van der Waals surface area contributed by atoms with E-state index in [1.54, 1.807) is 6.07 Å². The molecule has 2 saturated heterocycles. The van der Waals surface area contributed by atoms with Gasteiger partial charge in [0.1, 0.15) is 11.6 Å². The lowest BCUT2D eigenvalue weighted by Crippen LogP contribution is -2.51. The second-order valence-corrected chi connectivity index (χ2v) is 10.1. The van der Waals surface area contributed by atoms with E-state index in [1.807, 2.05) is 4.90 Å². The molecule has 3 fully saturated rings. The first-order chi connectivity index (χ1) is 14.8. The Bertz CT molecular complexity index is 1070. The van der Waals surface area contributed by atoms with Gasteiger partial charge in [0.25, 0.3) is 0 Å². The van der Waals surface area contributed by atoms with Gasteiger partial charge < -0.3 is 9.64 Å². The van der Waals surface area contributed by atoms with Crippen LogP contribution in [0.25, 0.3) is 11.3 Å². The topological polar surface area (TPSA) is 55.3 Å². The van der Waals surface area contributed by atoms with Crippen LogP contribution in [-0.4, -0.2) is 47.3 Å². The van der Waals surface area contributed by atoms with E-state index in [4.69, 9.17) is 4.74 Å². The van der Waals surface area contributed by atoms with Crippen molar-refractivity contribution in [2.24, 2.45) is 17.3 Å². The van der Waals surface area contributed by atoms with Gasteiger partial charge in [-0.05, 0) is 47.9 Å². The molecule has 1 amide bonds. The maximum absolute atomic E-state index is 14.4. The second kappa shape index (κ2) is 6.31. The molecule has 1 saturated carbocycles. The van der Waals surface area contributed by atoms with Gasteiger partial charge in [0.05, 0.1) is 35.6 Å². The second-order valence-electron chi connectivity index (χ2n) is 10.1. The van der Waals surface area contributed by atoms with Crippen molar-refractivity contribution >= 4 is 5.91 Å². The van der Waals surface area contributed by atoms with Gasteiger partial charge in [-0.1, -0.05) is 19.9 Å². The minimum Gasteiger partial charge on any atom is -0.381 e. The number of hydrogen-bond donors (Lipinski definition) is 0. The molecule has 4 atom stereocenters. The highest BCUT2D eigenvalue weighted by Gasteiger charge is 2.68. The number of halogens is 2. The molecule has 1 aromatic carbocycles. The van der Waals surface area contributed by atoms with E-state index in [-0.39, 0.29) is 28.5 Å². The number of aromatic nitrogens is 2. The quantitative estimate of drug-likeness (QED) is 0.737. The van der Waals surface area contributed by atoms with Crippen LogP contribution < -0.4 is 0 Å². The highest BCUT2D eigenvalue weighted by Crippen LogP contribution is 2.68. The first-order valence-electron chi connectivity index (χ1n) is 11.0. The van der Waals surface area contributed by atoms with Gasteiger partial charge in [0.15, 0.2) is 0 Å². The molecule has 1 aromatic heterocycles. The predicted octanol–water partition coefficient (Wildman–Crippen LogP) is 3.68. The number of fused-ring (bicyclic) bond motifs is 6. The van der Waals surface area contributed by atoms with Crippen molar-refractivity contribution in [3.05, 3.63) is 47.2 Å². The Morgan fingerprint density at radius 2 is 1.81 bits per heavy atom. The van der Waals surface area contributed by atoms with Crippen LogP contribution in [-0.2, 0) is 14.9 Å². The summed E-state index contributed by atoms with van der Waals surface area (Å²) in [6.07, 6.45) is 1.60. The minimum absolute atomic E-state index is 0.112. The Labute approximate surface area is 179 Å². The van der Waals surface area contributed by atoms with Crippen LogP contribution in [0.2, 0.25) is 0 Å². The molecule has 6 rings (SSSR count). The monoisotopic (exact) mass is 425 g/mol. The number of carbonyl (C=O) groups excluding carboxylic acids is 1. The van der Waals surface area contributed by atoms with Crippen LogP contribution >= 0.6 is 0 Å². The molecule has 5 nitrogen and oxygen atoms in total. The summed E-state index contributed by atoms with van der Waals surface area (Å²) in [7, 11) is 0. The van der Waals surface area contributed by atoms with Crippen molar-refractivity contribution in [3.63, 3.8) is 0 Å². The highest BCUT2D eigenvalue weighted by atomic mass is 19.1. The van der Waals surface area contributed by atoms with E-state index < -0.39 is 17.0 Å². The summed E-state index contributed by atoms with van der Waals surface area (Å²) in [6.45, 7) is 7.17. The van der Waals surface area contributed by atoms with E-state index in [0.29, 0.717) is 17.5 Å². The zero-order chi connectivity index (χ0) is 21.5. The molecule has 2 aromatic rings. The third kappa shape index (κ3) is 2.35. The van der Waals surface area contributed by atoms with Gasteiger partial charge in [-0.25, -0.2) is 8.78 Å². The number of amides is 1. The summed E-state index contributed by atoms with van der Waals surface area (Å²) in [5, 5.41) is 8.69. The van der Waals surface area contributed by atoms with Gasteiger partial charge in [-0.2, -0.15) is 5.10 Å². The average molecular weight is 425 g/mol. The fraction of sp³-hybridized carbons (Fsp3) is 0.542. The van der Waals surface area contributed by atoms with Gasteiger partial charge in [0.2, 0.25) is 5.91 Å². The van der Waals surface area contributed by atoms with Gasteiger partial charge in [-0.15, -0.1) is 5.10 Å². The molecule has 0 N–H and O–H groups in total. The molecule has 2 aliphatic heterocycles. The van der Waals surface area contributed by atoms with Gasteiger partial charge >= 0.3 is 0 Å². The summed E-state index contributed by atoms with van der Waals surface area (Å²) >= 11 is 0. The molecular formula is C24H25F2N3O2. The number of carbonyl (C=O) groups is 1. The summed E-state index contributed by atoms with van der Waals surface area (Å²) in [5.41, 5.74) is 0.583. The zero-order valence-corrected chi connectivity index (χ0v) is 17.7. The highest BCUT2D eigenvalue weighted by molar-refractivity contribution is 5.92. The normalized spacial score (nSPS) is 32.4. The van der Waals surface area contributed by atoms with E-state index in [1.165, 1.54) is 18.2 Å². The number of likely N-dealkylation sites (tertiary alicyclic amines) is 1. The molecular weight excluding hydrogens is 400 g/mol. The number of hydrogen-bond acceptors (Lipinski definition) is 4. The molecule has 4 aliphatic rings. The average Bonchev–Trinajstić information content (AvgIpc) is 3.44. The molecule has 2 unspecified atom stereocenters. The SMILES string of the molecule is CC1(C)[C@@H]2CC[C@@]1(C(=O)N1CC3COCC3C1)c1nnc(-c3c(F)cccc3F)cc12. The molecule has 31 heavy (non-hydrogen) atoms. The summed E-state index contributed by atoms with van der Waals surface area (Å²) in [4.78, 5) is 16.0. The van der Waals surface area contributed by atoms with Crippen molar-refractivity contribution in [1.29, 1.82) is 0 Å². The van der Waals surface area contributed by atoms with Crippen LogP contribution in [0.3, 0.4) is 0 Å². The van der Waals surface area contributed by atoms with E-state index in [9.17, 15) is 13.6 Å². The Morgan fingerprint density at radius 3 is 2.48 bits per heavy atom. The van der Waals surface area contributed by atoms with Crippen molar-refractivity contribution < 1.29 is 18.3 Å². The Kier molecular flexibility index (Phi) is 3.93. The molecule has 3 heterocycles. The molecule has 2 aliphatic carbocycles. The molecule has 7 heteroatoms. The van der Waals surface area contributed by atoms with Crippen molar-refractivity contribution in [3.8, 4) is 11.3 Å². The Hall–Kier alpha value is -2.41.